The molecule has 0 amide bonds. The maximum Gasteiger partial charge on any atom is 0.268 e. The number of nitrogens with zero attached hydrogens (tertiary/aromatic N) is 3. The van der Waals surface area contributed by atoms with Gasteiger partial charge >= 0.3 is 0 Å². The molecular weight excluding hydrogens is 362 g/mol. The molecule has 0 saturated heterocycles. The van der Waals surface area contributed by atoms with E-state index in [4.69, 9.17) is 4.74 Å². The summed E-state index contributed by atoms with van der Waals surface area (Å²) in [5.74, 6) is 0.506. The third kappa shape index (κ3) is 4.29. The van der Waals surface area contributed by atoms with E-state index in [2.05, 4.69) is 35.2 Å². The second-order valence-corrected chi connectivity index (χ2v) is 8.32. The summed E-state index contributed by atoms with van der Waals surface area (Å²) in [6.07, 6.45) is 5.67. The number of benzene rings is 1. The summed E-state index contributed by atoms with van der Waals surface area (Å²) in [5.41, 5.74) is 3.54. The Hall–Kier alpha value is -2.42. The van der Waals surface area contributed by atoms with Crippen molar-refractivity contribution in [3.05, 3.63) is 69.1 Å². The summed E-state index contributed by atoms with van der Waals surface area (Å²) in [6.45, 7) is 3.11. The molecule has 1 aromatic heterocycles. The lowest BCUT2D eigenvalue weighted by Gasteiger charge is -2.32. The first kappa shape index (κ1) is 19.9. The van der Waals surface area contributed by atoms with Crippen molar-refractivity contribution in [3.8, 4) is 6.07 Å². The van der Waals surface area contributed by atoms with E-state index >= 15 is 0 Å². The van der Waals surface area contributed by atoms with Crippen LogP contribution in [0.2, 0.25) is 0 Å². The van der Waals surface area contributed by atoms with Crippen molar-refractivity contribution >= 4 is 0 Å². The smallest absolute Gasteiger partial charge is 0.268 e. The van der Waals surface area contributed by atoms with E-state index in [0.29, 0.717) is 12.5 Å². The molecular formula is C24H29N3O2. The quantitative estimate of drug-likeness (QED) is 0.756. The van der Waals surface area contributed by atoms with E-state index in [1.165, 1.54) is 18.4 Å². The number of nitriles is 1. The molecule has 0 spiro atoms. The monoisotopic (exact) mass is 391 g/mol. The van der Waals surface area contributed by atoms with Gasteiger partial charge < -0.3 is 9.30 Å². The van der Waals surface area contributed by atoms with Crippen molar-refractivity contribution in [2.45, 2.75) is 57.8 Å². The van der Waals surface area contributed by atoms with Gasteiger partial charge in [-0.15, -0.1) is 0 Å². The molecule has 1 aromatic carbocycles. The van der Waals surface area contributed by atoms with Gasteiger partial charge in [0.25, 0.3) is 5.56 Å². The molecule has 0 bridgehead atoms. The van der Waals surface area contributed by atoms with Gasteiger partial charge in [0.05, 0.1) is 12.6 Å². The average Bonchev–Trinajstić information content (AvgIpc) is 3.28. The fourth-order valence-corrected chi connectivity index (χ4v) is 4.95. The normalized spacial score (nSPS) is 18.3. The fraction of sp³-hybridized carbons (Fsp3) is 0.500. The first-order chi connectivity index (χ1) is 14.2. The predicted molar refractivity (Wildman–Crippen MR) is 112 cm³/mol. The highest BCUT2D eigenvalue weighted by molar-refractivity contribution is 5.35. The molecule has 152 valence electrons. The number of aromatic nitrogens is 1. The number of ether oxygens (including phenoxy) is 1. The molecule has 2 aliphatic rings. The van der Waals surface area contributed by atoms with E-state index in [-0.39, 0.29) is 17.2 Å². The van der Waals surface area contributed by atoms with Crippen molar-refractivity contribution in [2.75, 3.05) is 13.7 Å². The molecule has 1 aliphatic carbocycles. The Kier molecular flexibility index (Phi) is 6.13. The molecule has 1 saturated carbocycles. The molecule has 0 N–H and O–H groups in total. The molecule has 1 atom stereocenters. The van der Waals surface area contributed by atoms with Crippen molar-refractivity contribution in [1.29, 1.82) is 5.26 Å². The topological polar surface area (TPSA) is 58.3 Å². The molecule has 1 fully saturated rings. The summed E-state index contributed by atoms with van der Waals surface area (Å²) < 4.78 is 7.65. The van der Waals surface area contributed by atoms with Crippen molar-refractivity contribution < 1.29 is 4.74 Å². The maximum absolute atomic E-state index is 13.0. The van der Waals surface area contributed by atoms with Crippen LogP contribution in [-0.4, -0.2) is 29.2 Å². The zero-order valence-electron chi connectivity index (χ0n) is 17.1. The van der Waals surface area contributed by atoms with Crippen LogP contribution >= 0.6 is 0 Å². The number of rotatable bonds is 6. The summed E-state index contributed by atoms with van der Waals surface area (Å²) >= 11 is 0. The van der Waals surface area contributed by atoms with Crippen molar-refractivity contribution in [3.63, 3.8) is 0 Å². The minimum absolute atomic E-state index is 0.0376. The Balaban J connectivity index is 1.61. The lowest BCUT2D eigenvalue weighted by Crippen LogP contribution is -2.39. The first-order valence-corrected chi connectivity index (χ1v) is 10.6. The lowest BCUT2D eigenvalue weighted by molar-refractivity contribution is 0.0389. The Morgan fingerprint density at radius 3 is 2.69 bits per heavy atom. The van der Waals surface area contributed by atoms with Crippen LogP contribution in [0.1, 0.15) is 48.1 Å². The van der Waals surface area contributed by atoms with Crippen molar-refractivity contribution in [2.24, 2.45) is 5.92 Å². The molecule has 2 aromatic rings. The van der Waals surface area contributed by atoms with Gasteiger partial charge in [0.15, 0.2) is 0 Å². The molecule has 5 nitrogen and oxygen atoms in total. The number of pyridine rings is 1. The van der Waals surface area contributed by atoms with Crippen LogP contribution in [0, 0.1) is 17.2 Å². The Labute approximate surface area is 172 Å². The largest absolute Gasteiger partial charge is 0.379 e. The molecule has 1 aliphatic heterocycles. The van der Waals surface area contributed by atoms with Crippen LogP contribution in [0.25, 0.3) is 0 Å². The van der Waals surface area contributed by atoms with Gasteiger partial charge in [0.2, 0.25) is 0 Å². The van der Waals surface area contributed by atoms with E-state index in [9.17, 15) is 10.1 Å². The summed E-state index contributed by atoms with van der Waals surface area (Å²) in [4.78, 5) is 15.4. The van der Waals surface area contributed by atoms with Gasteiger partial charge in [0, 0.05) is 38.9 Å². The SMILES string of the molecule is COC(Cn1c2c(cc(C#N)c1=O)CN(Cc1ccccc1)CC2)C1CCCC1. The molecule has 2 heterocycles. The summed E-state index contributed by atoms with van der Waals surface area (Å²) in [7, 11) is 1.75. The maximum atomic E-state index is 13.0. The first-order valence-electron chi connectivity index (χ1n) is 10.6. The second-order valence-electron chi connectivity index (χ2n) is 8.32. The minimum Gasteiger partial charge on any atom is -0.379 e. The molecule has 29 heavy (non-hydrogen) atoms. The lowest BCUT2D eigenvalue weighted by atomic mass is 9.98. The molecule has 0 radical (unpaired) electrons. The average molecular weight is 392 g/mol. The van der Waals surface area contributed by atoms with Gasteiger partial charge in [-0.05, 0) is 36.0 Å². The zero-order chi connectivity index (χ0) is 20.2. The van der Waals surface area contributed by atoms with Crippen LogP contribution in [0.5, 0.6) is 0 Å². The van der Waals surface area contributed by atoms with Crippen LogP contribution < -0.4 is 5.56 Å². The van der Waals surface area contributed by atoms with E-state index in [1.807, 2.05) is 16.7 Å². The number of hydrogen-bond acceptors (Lipinski definition) is 4. The van der Waals surface area contributed by atoms with Crippen LogP contribution in [0.3, 0.4) is 0 Å². The standard InChI is InChI=1S/C24H29N3O2/c1-29-23(19-9-5-6-10-19)17-27-22-11-12-26(15-18-7-3-2-4-8-18)16-21(22)13-20(14-25)24(27)28/h2-4,7-8,13,19,23H,5-6,9-12,15-17H2,1H3. The third-order valence-corrected chi connectivity index (χ3v) is 6.51. The van der Waals surface area contributed by atoms with Crippen molar-refractivity contribution in [1.82, 2.24) is 9.47 Å². The van der Waals surface area contributed by atoms with Gasteiger partial charge in [-0.3, -0.25) is 9.69 Å². The van der Waals surface area contributed by atoms with E-state index in [0.717, 1.165) is 50.2 Å². The zero-order valence-corrected chi connectivity index (χ0v) is 17.1. The van der Waals surface area contributed by atoms with Crippen LogP contribution in [0.15, 0.2) is 41.2 Å². The van der Waals surface area contributed by atoms with E-state index < -0.39 is 0 Å². The highest BCUT2D eigenvalue weighted by Gasteiger charge is 2.28. The summed E-state index contributed by atoms with van der Waals surface area (Å²) in [6, 6.07) is 14.4. The predicted octanol–water partition coefficient (Wildman–Crippen LogP) is 3.48. The van der Waals surface area contributed by atoms with Gasteiger partial charge in [-0.2, -0.15) is 5.26 Å². The molecule has 4 rings (SSSR count). The molecule has 1 unspecified atom stereocenters. The number of methoxy groups -OCH3 is 1. The Morgan fingerprint density at radius 1 is 1.24 bits per heavy atom. The Morgan fingerprint density at radius 2 is 2.00 bits per heavy atom. The van der Waals surface area contributed by atoms with Gasteiger partial charge in [-0.1, -0.05) is 43.2 Å². The van der Waals surface area contributed by atoms with Crippen LogP contribution in [-0.2, 0) is 30.8 Å². The molecule has 5 heteroatoms. The highest BCUT2D eigenvalue weighted by atomic mass is 16.5. The highest BCUT2D eigenvalue weighted by Crippen LogP contribution is 2.30. The summed E-state index contributed by atoms with van der Waals surface area (Å²) in [5, 5.41) is 9.54. The third-order valence-electron chi connectivity index (χ3n) is 6.51. The number of fused-ring (bicyclic) bond motifs is 1. The van der Waals surface area contributed by atoms with E-state index in [1.54, 1.807) is 7.11 Å². The van der Waals surface area contributed by atoms with Crippen LogP contribution in [0.4, 0.5) is 0 Å². The fourth-order valence-electron chi connectivity index (χ4n) is 4.95. The number of hydrogen-bond donors (Lipinski definition) is 0. The second kappa shape index (κ2) is 8.94. The Bertz CT molecular complexity index is 939. The van der Waals surface area contributed by atoms with Gasteiger partial charge in [0.1, 0.15) is 11.6 Å². The van der Waals surface area contributed by atoms with Gasteiger partial charge in [-0.25, -0.2) is 0 Å². The minimum atomic E-state index is -0.164.